The predicted octanol–water partition coefficient (Wildman–Crippen LogP) is 4.38. The molecule has 1 N–H and O–H groups in total. The Balaban J connectivity index is 1.81. The molecule has 0 fully saturated rings. The molecule has 0 saturated carbocycles. The van der Waals surface area contributed by atoms with Gasteiger partial charge in [-0.1, -0.05) is 59.7 Å². The van der Waals surface area contributed by atoms with Gasteiger partial charge in [0.1, 0.15) is 5.75 Å². The highest BCUT2D eigenvalue weighted by Gasteiger charge is 2.27. The summed E-state index contributed by atoms with van der Waals surface area (Å²) in [5.41, 5.74) is 3.76. The third-order valence-corrected chi connectivity index (χ3v) is 7.26. The SMILES string of the molecule is COc1ccc([C@@H](C)NC(=O)CN(Cc2ccc(C)cc2)S(=O)(=O)c2ccc(C)cc2)cc1. The number of methoxy groups -OCH3 is 1. The van der Waals surface area contributed by atoms with Crippen molar-refractivity contribution < 1.29 is 17.9 Å². The van der Waals surface area contributed by atoms with E-state index < -0.39 is 10.0 Å². The maximum Gasteiger partial charge on any atom is 0.243 e. The molecule has 0 bridgehead atoms. The maximum absolute atomic E-state index is 13.4. The van der Waals surface area contributed by atoms with Crippen molar-refractivity contribution in [2.45, 2.75) is 38.3 Å². The van der Waals surface area contributed by atoms with Crippen LogP contribution in [-0.4, -0.2) is 32.3 Å². The third kappa shape index (κ3) is 6.43. The highest BCUT2D eigenvalue weighted by molar-refractivity contribution is 7.89. The van der Waals surface area contributed by atoms with Crippen LogP contribution in [0.1, 0.15) is 35.2 Å². The van der Waals surface area contributed by atoms with Crippen LogP contribution in [0.25, 0.3) is 0 Å². The zero-order valence-corrected chi connectivity index (χ0v) is 20.2. The van der Waals surface area contributed by atoms with Gasteiger partial charge in [0.15, 0.2) is 0 Å². The number of nitrogens with zero attached hydrogens (tertiary/aromatic N) is 1. The fourth-order valence-corrected chi connectivity index (χ4v) is 4.79. The van der Waals surface area contributed by atoms with Crippen molar-refractivity contribution in [1.29, 1.82) is 0 Å². The maximum atomic E-state index is 13.4. The molecule has 1 amide bonds. The molecule has 0 unspecified atom stereocenters. The molecule has 3 aromatic rings. The van der Waals surface area contributed by atoms with E-state index in [1.807, 2.05) is 69.3 Å². The number of carbonyl (C=O) groups excluding carboxylic acids is 1. The van der Waals surface area contributed by atoms with E-state index in [4.69, 9.17) is 4.74 Å². The second-order valence-electron chi connectivity index (χ2n) is 8.13. The van der Waals surface area contributed by atoms with Gasteiger partial charge in [0.2, 0.25) is 15.9 Å². The van der Waals surface area contributed by atoms with Gasteiger partial charge in [0.25, 0.3) is 0 Å². The first-order chi connectivity index (χ1) is 15.7. The molecule has 0 aliphatic carbocycles. The molecule has 0 heterocycles. The molecule has 0 saturated heterocycles. The van der Waals surface area contributed by atoms with E-state index in [0.717, 1.165) is 28.0 Å². The summed E-state index contributed by atoms with van der Waals surface area (Å²) < 4.78 is 33.2. The van der Waals surface area contributed by atoms with Gasteiger partial charge in [-0.2, -0.15) is 4.31 Å². The molecule has 0 aromatic heterocycles. The van der Waals surface area contributed by atoms with Crippen LogP contribution in [0.5, 0.6) is 5.75 Å². The van der Waals surface area contributed by atoms with E-state index in [2.05, 4.69) is 5.32 Å². The van der Waals surface area contributed by atoms with Gasteiger partial charge < -0.3 is 10.1 Å². The Bertz CT molecular complexity index is 1170. The van der Waals surface area contributed by atoms with Crippen LogP contribution >= 0.6 is 0 Å². The van der Waals surface area contributed by atoms with Gasteiger partial charge in [0, 0.05) is 6.54 Å². The molecule has 1 atom stereocenters. The number of aryl methyl sites for hydroxylation is 2. The quantitative estimate of drug-likeness (QED) is 0.508. The van der Waals surface area contributed by atoms with Crippen molar-refractivity contribution in [2.75, 3.05) is 13.7 Å². The van der Waals surface area contributed by atoms with Crippen LogP contribution in [0.4, 0.5) is 0 Å². The van der Waals surface area contributed by atoms with Gasteiger partial charge in [-0.15, -0.1) is 0 Å². The summed E-state index contributed by atoms with van der Waals surface area (Å²) in [6, 6.07) is 21.4. The summed E-state index contributed by atoms with van der Waals surface area (Å²) in [5, 5.41) is 2.91. The fraction of sp³-hybridized carbons (Fsp3) is 0.269. The Kier molecular flexibility index (Phi) is 7.89. The first kappa shape index (κ1) is 24.5. The highest BCUT2D eigenvalue weighted by atomic mass is 32.2. The lowest BCUT2D eigenvalue weighted by Gasteiger charge is -2.23. The zero-order valence-electron chi connectivity index (χ0n) is 19.4. The van der Waals surface area contributed by atoms with Crippen molar-refractivity contribution >= 4 is 15.9 Å². The summed E-state index contributed by atoms with van der Waals surface area (Å²) in [6.45, 7) is 5.54. The summed E-state index contributed by atoms with van der Waals surface area (Å²) in [7, 11) is -2.28. The topological polar surface area (TPSA) is 75.7 Å². The third-order valence-electron chi connectivity index (χ3n) is 5.45. The number of rotatable bonds is 9. The number of benzene rings is 3. The van der Waals surface area contributed by atoms with Gasteiger partial charge in [-0.3, -0.25) is 4.79 Å². The minimum absolute atomic E-state index is 0.0980. The first-order valence-corrected chi connectivity index (χ1v) is 12.2. The second-order valence-corrected chi connectivity index (χ2v) is 10.1. The smallest absolute Gasteiger partial charge is 0.243 e. The van der Waals surface area contributed by atoms with Crippen LogP contribution in [0.3, 0.4) is 0 Å². The number of hydrogen-bond donors (Lipinski definition) is 1. The van der Waals surface area contributed by atoms with Crippen LogP contribution in [0.15, 0.2) is 77.7 Å². The summed E-state index contributed by atoms with van der Waals surface area (Å²) in [5.74, 6) is 0.354. The van der Waals surface area contributed by atoms with Crippen molar-refractivity contribution in [3.05, 3.63) is 95.1 Å². The van der Waals surface area contributed by atoms with Crippen molar-refractivity contribution in [3.63, 3.8) is 0 Å². The standard InChI is InChI=1S/C26H30N2O4S/c1-19-5-9-22(10-6-19)17-28(33(30,31)25-15-7-20(2)8-16-25)18-26(29)27-21(3)23-11-13-24(32-4)14-12-23/h5-16,21H,17-18H2,1-4H3,(H,27,29)/t21-/m1/s1. The molecule has 174 valence electrons. The lowest BCUT2D eigenvalue weighted by molar-refractivity contribution is -0.122. The van der Waals surface area contributed by atoms with E-state index >= 15 is 0 Å². The zero-order chi connectivity index (χ0) is 24.0. The highest BCUT2D eigenvalue weighted by Crippen LogP contribution is 2.21. The first-order valence-electron chi connectivity index (χ1n) is 10.7. The van der Waals surface area contributed by atoms with Crippen molar-refractivity contribution in [1.82, 2.24) is 9.62 Å². The Morgan fingerprint density at radius 3 is 2.00 bits per heavy atom. The molecular weight excluding hydrogens is 436 g/mol. The summed E-state index contributed by atoms with van der Waals surface area (Å²) in [6.07, 6.45) is 0. The van der Waals surface area contributed by atoms with Gasteiger partial charge >= 0.3 is 0 Å². The van der Waals surface area contributed by atoms with Crippen molar-refractivity contribution in [2.24, 2.45) is 0 Å². The number of amides is 1. The van der Waals surface area contributed by atoms with Crippen LogP contribution in [0.2, 0.25) is 0 Å². The molecule has 7 heteroatoms. The summed E-state index contributed by atoms with van der Waals surface area (Å²) in [4.78, 5) is 13.1. The molecule has 0 aliphatic heterocycles. The number of nitrogens with one attached hydrogen (secondary N) is 1. The monoisotopic (exact) mass is 466 g/mol. The average Bonchev–Trinajstić information content (AvgIpc) is 2.80. The molecule has 0 radical (unpaired) electrons. The molecule has 3 rings (SSSR count). The average molecular weight is 467 g/mol. The molecule has 33 heavy (non-hydrogen) atoms. The van der Waals surface area contributed by atoms with E-state index in [9.17, 15) is 13.2 Å². The van der Waals surface area contributed by atoms with Crippen LogP contribution < -0.4 is 10.1 Å². The van der Waals surface area contributed by atoms with Gasteiger partial charge in [-0.25, -0.2) is 8.42 Å². The lowest BCUT2D eigenvalue weighted by atomic mass is 10.1. The van der Waals surface area contributed by atoms with Crippen LogP contribution in [-0.2, 0) is 21.4 Å². The Morgan fingerprint density at radius 1 is 0.909 bits per heavy atom. The number of hydrogen-bond acceptors (Lipinski definition) is 4. The molecule has 6 nitrogen and oxygen atoms in total. The lowest BCUT2D eigenvalue weighted by Crippen LogP contribution is -2.41. The van der Waals surface area contributed by atoms with Gasteiger partial charge in [-0.05, 0) is 56.2 Å². The number of ether oxygens (including phenoxy) is 1. The normalized spacial score (nSPS) is 12.4. The predicted molar refractivity (Wildman–Crippen MR) is 130 cm³/mol. The van der Waals surface area contributed by atoms with E-state index in [-0.39, 0.29) is 29.9 Å². The van der Waals surface area contributed by atoms with Crippen LogP contribution in [0, 0.1) is 13.8 Å². The van der Waals surface area contributed by atoms with E-state index in [1.165, 1.54) is 4.31 Å². The minimum atomic E-state index is -3.87. The Hall–Kier alpha value is -3.16. The number of carbonyl (C=O) groups is 1. The molecule has 0 spiro atoms. The fourth-order valence-electron chi connectivity index (χ4n) is 3.41. The largest absolute Gasteiger partial charge is 0.497 e. The Labute approximate surface area is 196 Å². The minimum Gasteiger partial charge on any atom is -0.497 e. The number of sulfonamides is 1. The molecule has 0 aliphatic rings. The Morgan fingerprint density at radius 2 is 1.45 bits per heavy atom. The van der Waals surface area contributed by atoms with Crippen molar-refractivity contribution in [3.8, 4) is 5.75 Å². The van der Waals surface area contributed by atoms with E-state index in [1.54, 1.807) is 31.4 Å². The summed E-state index contributed by atoms with van der Waals surface area (Å²) >= 11 is 0. The second kappa shape index (κ2) is 10.6. The van der Waals surface area contributed by atoms with E-state index in [0.29, 0.717) is 0 Å². The van der Waals surface area contributed by atoms with Gasteiger partial charge in [0.05, 0.1) is 24.6 Å². The molecular formula is C26H30N2O4S. The molecule has 3 aromatic carbocycles.